The molecule has 0 radical (unpaired) electrons. The van der Waals surface area contributed by atoms with E-state index in [1.165, 1.54) is 12.4 Å². The van der Waals surface area contributed by atoms with Crippen molar-refractivity contribution < 1.29 is 9.53 Å². The maximum absolute atomic E-state index is 12.3. The number of nitrogens with zero attached hydrogens (tertiary/aromatic N) is 2. The zero-order valence-corrected chi connectivity index (χ0v) is 15.0. The van der Waals surface area contributed by atoms with Crippen LogP contribution >= 0.6 is 11.6 Å². The van der Waals surface area contributed by atoms with E-state index in [1.54, 1.807) is 19.2 Å². The van der Waals surface area contributed by atoms with Crippen molar-refractivity contribution in [2.24, 2.45) is 0 Å². The fraction of sp³-hybridized carbons (Fsp3) is 0.105. The predicted molar refractivity (Wildman–Crippen MR) is 102 cm³/mol. The number of amides is 1. The number of rotatable bonds is 5. The van der Waals surface area contributed by atoms with E-state index >= 15 is 0 Å². The number of aryl methyl sites for hydroxylation is 1. The summed E-state index contributed by atoms with van der Waals surface area (Å²) in [7, 11) is 1.61. The lowest BCUT2D eigenvalue weighted by Gasteiger charge is -2.09. The highest BCUT2D eigenvalue weighted by Gasteiger charge is 2.10. The van der Waals surface area contributed by atoms with Gasteiger partial charge in [0.15, 0.2) is 0 Å². The van der Waals surface area contributed by atoms with Gasteiger partial charge in [0.2, 0.25) is 0 Å². The number of hydrogen-bond donors (Lipinski definition) is 2. The topological polar surface area (TPSA) is 76.1 Å². The molecule has 3 rings (SSSR count). The average Bonchev–Trinajstić information content (AvgIpc) is 2.65. The van der Waals surface area contributed by atoms with Gasteiger partial charge in [-0.3, -0.25) is 4.79 Å². The van der Waals surface area contributed by atoms with Gasteiger partial charge in [-0.15, -0.1) is 0 Å². The lowest BCUT2D eigenvalue weighted by Crippen LogP contribution is -2.15. The molecule has 2 aromatic carbocycles. The molecule has 0 saturated carbocycles. The zero-order chi connectivity index (χ0) is 18.5. The second-order valence-electron chi connectivity index (χ2n) is 5.56. The van der Waals surface area contributed by atoms with Crippen LogP contribution in [0.1, 0.15) is 16.1 Å². The zero-order valence-electron chi connectivity index (χ0n) is 14.3. The van der Waals surface area contributed by atoms with Crippen LogP contribution in [0.4, 0.5) is 17.2 Å². The van der Waals surface area contributed by atoms with Gasteiger partial charge in [0.1, 0.15) is 17.3 Å². The van der Waals surface area contributed by atoms with Gasteiger partial charge in [-0.05, 0) is 36.8 Å². The van der Waals surface area contributed by atoms with Crippen molar-refractivity contribution in [3.05, 3.63) is 71.1 Å². The van der Waals surface area contributed by atoms with E-state index in [4.69, 9.17) is 16.3 Å². The Hall–Kier alpha value is -3.12. The summed E-state index contributed by atoms with van der Waals surface area (Å²) >= 11 is 5.97. The van der Waals surface area contributed by atoms with Crippen molar-refractivity contribution in [2.75, 3.05) is 17.7 Å². The highest BCUT2D eigenvalue weighted by molar-refractivity contribution is 6.31. The summed E-state index contributed by atoms with van der Waals surface area (Å²) < 4.78 is 5.18. The van der Waals surface area contributed by atoms with Crippen molar-refractivity contribution >= 4 is 34.7 Å². The molecule has 1 amide bonds. The first-order valence-electron chi connectivity index (χ1n) is 7.86. The van der Waals surface area contributed by atoms with Crippen molar-refractivity contribution in [2.45, 2.75) is 6.92 Å². The second kappa shape index (κ2) is 7.84. The van der Waals surface area contributed by atoms with E-state index in [-0.39, 0.29) is 11.6 Å². The lowest BCUT2D eigenvalue weighted by molar-refractivity contribution is 0.102. The number of methoxy groups -OCH3 is 1. The standard InChI is InChI=1S/C19H17ClN4O2/c1-12-6-7-13(20)8-16(12)24-19(25)17-10-22-18(11-21-17)23-14-4-3-5-15(9-14)26-2/h3-11H,1-2H3,(H,22,23)(H,24,25). The molecule has 3 aromatic rings. The third-order valence-electron chi connectivity index (χ3n) is 3.67. The molecular formula is C19H17ClN4O2. The van der Waals surface area contributed by atoms with Gasteiger partial charge in [-0.25, -0.2) is 9.97 Å². The van der Waals surface area contributed by atoms with E-state index in [0.29, 0.717) is 16.5 Å². The van der Waals surface area contributed by atoms with Crippen LogP contribution in [0.15, 0.2) is 54.9 Å². The third kappa shape index (κ3) is 4.29. The molecule has 2 N–H and O–H groups in total. The molecule has 0 fully saturated rings. The van der Waals surface area contributed by atoms with Crippen molar-refractivity contribution in [3.8, 4) is 5.75 Å². The van der Waals surface area contributed by atoms with Gasteiger partial charge in [-0.2, -0.15) is 0 Å². The summed E-state index contributed by atoms with van der Waals surface area (Å²) in [4.78, 5) is 20.7. The Morgan fingerprint density at radius 2 is 1.96 bits per heavy atom. The molecule has 0 aliphatic heterocycles. The third-order valence-corrected chi connectivity index (χ3v) is 3.91. The Bertz CT molecular complexity index is 929. The highest BCUT2D eigenvalue weighted by Crippen LogP contribution is 2.21. The van der Waals surface area contributed by atoms with Gasteiger partial charge in [-0.1, -0.05) is 23.7 Å². The number of anilines is 3. The number of ether oxygens (including phenoxy) is 1. The molecule has 132 valence electrons. The Morgan fingerprint density at radius 3 is 2.69 bits per heavy atom. The largest absolute Gasteiger partial charge is 0.497 e. The van der Waals surface area contributed by atoms with Crippen LogP contribution in [0.3, 0.4) is 0 Å². The summed E-state index contributed by atoms with van der Waals surface area (Å²) in [6.45, 7) is 1.89. The molecule has 1 aromatic heterocycles. The van der Waals surface area contributed by atoms with Crippen LogP contribution in [-0.2, 0) is 0 Å². The monoisotopic (exact) mass is 368 g/mol. The van der Waals surface area contributed by atoms with E-state index < -0.39 is 0 Å². The molecular weight excluding hydrogens is 352 g/mol. The molecule has 0 spiro atoms. The number of carbonyl (C=O) groups excluding carboxylic acids is 1. The van der Waals surface area contributed by atoms with E-state index in [1.807, 2.05) is 37.3 Å². The van der Waals surface area contributed by atoms with Crippen LogP contribution in [0.5, 0.6) is 5.75 Å². The smallest absolute Gasteiger partial charge is 0.275 e. The Labute approximate surface area is 156 Å². The van der Waals surface area contributed by atoms with Crippen LogP contribution in [0, 0.1) is 6.92 Å². The van der Waals surface area contributed by atoms with Crippen molar-refractivity contribution in [3.63, 3.8) is 0 Å². The summed E-state index contributed by atoms with van der Waals surface area (Å²) in [6, 6.07) is 12.7. The molecule has 6 nitrogen and oxygen atoms in total. The van der Waals surface area contributed by atoms with Gasteiger partial charge in [0.25, 0.3) is 5.91 Å². The van der Waals surface area contributed by atoms with Crippen LogP contribution in [-0.4, -0.2) is 23.0 Å². The normalized spacial score (nSPS) is 10.3. The first kappa shape index (κ1) is 17.7. The Balaban J connectivity index is 1.70. The first-order valence-corrected chi connectivity index (χ1v) is 8.23. The maximum atomic E-state index is 12.3. The van der Waals surface area contributed by atoms with Crippen molar-refractivity contribution in [1.82, 2.24) is 9.97 Å². The molecule has 7 heteroatoms. The Kier molecular flexibility index (Phi) is 5.34. The number of halogens is 1. The minimum absolute atomic E-state index is 0.209. The molecule has 0 atom stereocenters. The lowest BCUT2D eigenvalue weighted by atomic mass is 10.2. The van der Waals surface area contributed by atoms with Gasteiger partial charge >= 0.3 is 0 Å². The van der Waals surface area contributed by atoms with Gasteiger partial charge < -0.3 is 15.4 Å². The van der Waals surface area contributed by atoms with Gasteiger partial charge in [0, 0.05) is 22.5 Å². The van der Waals surface area contributed by atoms with E-state index in [9.17, 15) is 4.79 Å². The molecule has 0 aliphatic rings. The minimum atomic E-state index is -0.351. The second-order valence-corrected chi connectivity index (χ2v) is 5.99. The van der Waals surface area contributed by atoms with Crippen LogP contribution in [0.25, 0.3) is 0 Å². The molecule has 26 heavy (non-hydrogen) atoms. The molecule has 0 aliphatic carbocycles. The molecule has 0 bridgehead atoms. The quantitative estimate of drug-likeness (QED) is 0.696. The minimum Gasteiger partial charge on any atom is -0.497 e. The first-order chi connectivity index (χ1) is 12.5. The fourth-order valence-electron chi connectivity index (χ4n) is 2.27. The fourth-order valence-corrected chi connectivity index (χ4v) is 2.45. The summed E-state index contributed by atoms with van der Waals surface area (Å²) in [5.74, 6) is 0.903. The maximum Gasteiger partial charge on any atom is 0.275 e. The van der Waals surface area contributed by atoms with Gasteiger partial charge in [0.05, 0.1) is 19.5 Å². The molecule has 1 heterocycles. The number of nitrogens with one attached hydrogen (secondary N) is 2. The molecule has 0 unspecified atom stereocenters. The van der Waals surface area contributed by atoms with Crippen LogP contribution in [0.2, 0.25) is 5.02 Å². The predicted octanol–water partition coefficient (Wildman–Crippen LogP) is 4.44. The summed E-state index contributed by atoms with van der Waals surface area (Å²) in [5, 5.41) is 6.45. The number of benzene rings is 2. The van der Waals surface area contributed by atoms with Crippen molar-refractivity contribution in [1.29, 1.82) is 0 Å². The highest BCUT2D eigenvalue weighted by atomic mass is 35.5. The summed E-state index contributed by atoms with van der Waals surface area (Å²) in [5.41, 5.74) is 2.57. The average molecular weight is 369 g/mol. The SMILES string of the molecule is COc1cccc(Nc2cnc(C(=O)Nc3cc(Cl)ccc3C)cn2)c1. The number of aromatic nitrogens is 2. The van der Waals surface area contributed by atoms with Crippen LogP contribution < -0.4 is 15.4 Å². The summed E-state index contributed by atoms with van der Waals surface area (Å²) in [6.07, 6.45) is 2.91. The van der Waals surface area contributed by atoms with E-state index in [2.05, 4.69) is 20.6 Å². The number of hydrogen-bond acceptors (Lipinski definition) is 5. The Morgan fingerprint density at radius 1 is 1.12 bits per heavy atom. The number of carbonyl (C=O) groups is 1. The molecule has 0 saturated heterocycles. The van der Waals surface area contributed by atoms with E-state index in [0.717, 1.165) is 17.0 Å².